The molecule has 25 heavy (non-hydrogen) atoms. The van der Waals surface area contributed by atoms with Gasteiger partial charge >= 0.3 is 0 Å². The Hall–Kier alpha value is -2.25. The van der Waals surface area contributed by atoms with Gasteiger partial charge in [0, 0.05) is 25.2 Å². The molecule has 0 bridgehead atoms. The van der Waals surface area contributed by atoms with Crippen LogP contribution in [-0.4, -0.2) is 34.2 Å². The van der Waals surface area contributed by atoms with Crippen molar-refractivity contribution in [2.24, 2.45) is 0 Å². The van der Waals surface area contributed by atoms with E-state index in [0.717, 1.165) is 5.56 Å². The molecule has 132 valence electrons. The lowest BCUT2D eigenvalue weighted by Crippen LogP contribution is -2.39. The highest BCUT2D eigenvalue weighted by Crippen LogP contribution is 2.35. The highest BCUT2D eigenvalue weighted by atomic mass is 32.2. The predicted octanol–water partition coefficient (Wildman–Crippen LogP) is 2.14. The van der Waals surface area contributed by atoms with Crippen molar-refractivity contribution in [1.82, 2.24) is 5.32 Å². The molecule has 2 aromatic rings. The van der Waals surface area contributed by atoms with E-state index in [-0.39, 0.29) is 10.9 Å². The first-order valence-electron chi connectivity index (χ1n) is 8.29. The van der Waals surface area contributed by atoms with Gasteiger partial charge in [0.2, 0.25) is 0 Å². The molecule has 0 fully saturated rings. The highest BCUT2D eigenvalue weighted by molar-refractivity contribution is 7.92. The molecule has 0 amide bonds. The Balaban J connectivity index is 1.79. The molecule has 0 radical (unpaired) electrons. The minimum absolute atomic E-state index is 0.0411. The zero-order valence-electron chi connectivity index (χ0n) is 13.9. The second kappa shape index (κ2) is 6.24. The Labute approximate surface area is 147 Å². The first kappa shape index (κ1) is 16.2. The van der Waals surface area contributed by atoms with Gasteiger partial charge in [-0.1, -0.05) is 18.2 Å². The molecule has 0 aliphatic carbocycles. The van der Waals surface area contributed by atoms with E-state index in [0.29, 0.717) is 43.5 Å². The van der Waals surface area contributed by atoms with Crippen molar-refractivity contribution >= 4 is 15.7 Å². The third-order valence-electron chi connectivity index (χ3n) is 4.44. The summed E-state index contributed by atoms with van der Waals surface area (Å²) in [5, 5.41) is 3.35. The highest BCUT2D eigenvalue weighted by Gasteiger charge is 2.31. The van der Waals surface area contributed by atoms with Gasteiger partial charge in [0.1, 0.15) is 13.2 Å². The molecule has 2 aliphatic heterocycles. The van der Waals surface area contributed by atoms with Gasteiger partial charge in [0.05, 0.1) is 10.6 Å². The molecule has 6 nitrogen and oxygen atoms in total. The van der Waals surface area contributed by atoms with Crippen LogP contribution < -0.4 is 19.1 Å². The number of ether oxygens (including phenoxy) is 2. The van der Waals surface area contributed by atoms with Gasteiger partial charge in [0.15, 0.2) is 11.5 Å². The fourth-order valence-corrected chi connectivity index (χ4v) is 4.75. The molecule has 0 saturated heterocycles. The van der Waals surface area contributed by atoms with Gasteiger partial charge in [-0.25, -0.2) is 8.42 Å². The fourth-order valence-electron chi connectivity index (χ4n) is 3.14. The summed E-state index contributed by atoms with van der Waals surface area (Å²) in [6.45, 7) is 3.89. The minimum Gasteiger partial charge on any atom is -0.486 e. The van der Waals surface area contributed by atoms with Crippen LogP contribution in [0.25, 0.3) is 0 Å². The van der Waals surface area contributed by atoms with Crippen molar-refractivity contribution in [3.63, 3.8) is 0 Å². The summed E-state index contributed by atoms with van der Waals surface area (Å²) in [7, 11) is -3.71. The number of nitrogens with zero attached hydrogens (tertiary/aromatic N) is 1. The maximum atomic E-state index is 13.3. The molecule has 4 rings (SSSR count). The Morgan fingerprint density at radius 2 is 1.84 bits per heavy atom. The lowest BCUT2D eigenvalue weighted by Gasteiger charge is -2.27. The second-order valence-electron chi connectivity index (χ2n) is 6.25. The molecule has 2 heterocycles. The standard InChI is InChI=1S/C18H20N2O4S/c1-13-12-20(16-5-3-2-4-14(16)11-19-13)25(21,22)15-6-7-17-18(10-15)24-9-8-23-17/h2-7,10,13,19H,8-9,11-12H2,1H3. The SMILES string of the molecule is CC1CN(S(=O)(=O)c2ccc3c(c2)OCCO3)c2ccccc2CN1. The maximum absolute atomic E-state index is 13.3. The number of fused-ring (bicyclic) bond motifs is 2. The van der Waals surface area contributed by atoms with Crippen LogP contribution in [0.1, 0.15) is 12.5 Å². The average molecular weight is 360 g/mol. The lowest BCUT2D eigenvalue weighted by molar-refractivity contribution is 0.171. The van der Waals surface area contributed by atoms with Gasteiger partial charge < -0.3 is 14.8 Å². The normalized spacial score (nSPS) is 19.9. The van der Waals surface area contributed by atoms with E-state index in [1.54, 1.807) is 18.2 Å². The third kappa shape index (κ3) is 2.94. The summed E-state index contributed by atoms with van der Waals surface area (Å²) in [6, 6.07) is 12.4. The van der Waals surface area contributed by atoms with Gasteiger partial charge in [-0.2, -0.15) is 0 Å². The van der Waals surface area contributed by atoms with Crippen LogP contribution >= 0.6 is 0 Å². The topological polar surface area (TPSA) is 67.9 Å². The number of hydrogen-bond acceptors (Lipinski definition) is 5. The van der Waals surface area contributed by atoms with E-state index in [4.69, 9.17) is 9.47 Å². The average Bonchev–Trinajstić information content (AvgIpc) is 2.81. The van der Waals surface area contributed by atoms with E-state index < -0.39 is 10.0 Å². The van der Waals surface area contributed by atoms with Gasteiger partial charge in [-0.05, 0) is 30.7 Å². The number of nitrogens with one attached hydrogen (secondary N) is 1. The summed E-state index contributed by atoms with van der Waals surface area (Å²) < 4.78 is 39.2. The summed E-state index contributed by atoms with van der Waals surface area (Å²) in [4.78, 5) is 0.209. The summed E-state index contributed by atoms with van der Waals surface area (Å²) >= 11 is 0. The van der Waals surface area contributed by atoms with Crippen molar-refractivity contribution in [1.29, 1.82) is 0 Å². The van der Waals surface area contributed by atoms with Gasteiger partial charge in [-0.15, -0.1) is 0 Å². The molecule has 2 aliphatic rings. The smallest absolute Gasteiger partial charge is 0.264 e. The van der Waals surface area contributed by atoms with Crippen LogP contribution in [0.5, 0.6) is 11.5 Å². The summed E-state index contributed by atoms with van der Waals surface area (Å²) in [6.07, 6.45) is 0. The van der Waals surface area contributed by atoms with E-state index in [1.165, 1.54) is 4.31 Å². The summed E-state index contributed by atoms with van der Waals surface area (Å²) in [5.74, 6) is 1.05. The van der Waals surface area contributed by atoms with E-state index in [9.17, 15) is 8.42 Å². The number of sulfonamides is 1. The van der Waals surface area contributed by atoms with Crippen LogP contribution in [0.15, 0.2) is 47.4 Å². The first-order valence-corrected chi connectivity index (χ1v) is 9.73. The number of rotatable bonds is 2. The van der Waals surface area contributed by atoms with E-state index in [2.05, 4.69) is 5.32 Å². The van der Waals surface area contributed by atoms with Crippen LogP contribution in [0, 0.1) is 0 Å². The Kier molecular flexibility index (Phi) is 4.05. The third-order valence-corrected chi connectivity index (χ3v) is 6.22. The number of para-hydroxylation sites is 1. The van der Waals surface area contributed by atoms with Crippen molar-refractivity contribution in [3.8, 4) is 11.5 Å². The first-order chi connectivity index (χ1) is 12.1. The Morgan fingerprint density at radius 3 is 2.68 bits per heavy atom. The van der Waals surface area contributed by atoms with Gasteiger partial charge in [0.25, 0.3) is 10.0 Å². The van der Waals surface area contributed by atoms with Crippen LogP contribution in [0.3, 0.4) is 0 Å². The molecule has 0 spiro atoms. The van der Waals surface area contributed by atoms with E-state index >= 15 is 0 Å². The largest absolute Gasteiger partial charge is 0.486 e. The van der Waals surface area contributed by atoms with Crippen LogP contribution in [0.4, 0.5) is 5.69 Å². The molecule has 1 atom stereocenters. The fraction of sp³-hybridized carbons (Fsp3) is 0.333. The zero-order valence-corrected chi connectivity index (χ0v) is 14.8. The number of hydrogen-bond donors (Lipinski definition) is 1. The number of anilines is 1. The monoisotopic (exact) mass is 360 g/mol. The van der Waals surface area contributed by atoms with Crippen molar-refractivity contribution in [3.05, 3.63) is 48.0 Å². The second-order valence-corrected chi connectivity index (χ2v) is 8.11. The molecule has 7 heteroatoms. The van der Waals surface area contributed by atoms with Crippen LogP contribution in [-0.2, 0) is 16.6 Å². The number of benzene rings is 2. The molecular weight excluding hydrogens is 340 g/mol. The Bertz CT molecular complexity index is 898. The summed E-state index contributed by atoms with van der Waals surface area (Å²) in [5.41, 5.74) is 1.68. The van der Waals surface area contributed by atoms with E-state index in [1.807, 2.05) is 31.2 Å². The molecule has 0 aromatic heterocycles. The molecule has 1 N–H and O–H groups in total. The minimum atomic E-state index is -3.71. The molecular formula is C18H20N2O4S. The van der Waals surface area contributed by atoms with Crippen molar-refractivity contribution < 1.29 is 17.9 Å². The molecule has 2 aromatic carbocycles. The molecule has 1 unspecified atom stereocenters. The van der Waals surface area contributed by atoms with Crippen molar-refractivity contribution in [2.75, 3.05) is 24.1 Å². The maximum Gasteiger partial charge on any atom is 0.264 e. The Morgan fingerprint density at radius 1 is 1.08 bits per heavy atom. The van der Waals surface area contributed by atoms with Crippen molar-refractivity contribution in [2.45, 2.75) is 24.4 Å². The van der Waals surface area contributed by atoms with Gasteiger partial charge in [-0.3, -0.25) is 4.31 Å². The quantitative estimate of drug-likeness (QED) is 0.889. The lowest BCUT2D eigenvalue weighted by atomic mass is 10.2. The molecule has 0 saturated carbocycles. The van der Waals surface area contributed by atoms with Crippen LogP contribution in [0.2, 0.25) is 0 Å². The predicted molar refractivity (Wildman–Crippen MR) is 94.7 cm³/mol. The zero-order chi connectivity index (χ0) is 17.4.